The number of ether oxygens (including phenoxy) is 1. The number of benzene rings is 1. The van der Waals surface area contributed by atoms with Gasteiger partial charge in [-0.3, -0.25) is 4.98 Å². The summed E-state index contributed by atoms with van der Waals surface area (Å²) >= 11 is 0. The highest BCUT2D eigenvalue weighted by Gasteiger charge is 2.14. The predicted octanol–water partition coefficient (Wildman–Crippen LogP) is 5.07. The SMILES string of the molecule is COc1cccc(-c2cncc(-c3nc(-c4cccc(C)n4)nc4[nH]ccc34)c2)c1. The molecule has 30 heavy (non-hydrogen) atoms. The molecule has 0 aliphatic rings. The third-order valence-electron chi connectivity index (χ3n) is 4.95. The minimum absolute atomic E-state index is 0.579. The lowest BCUT2D eigenvalue weighted by molar-refractivity contribution is 0.415. The number of aromatic nitrogens is 5. The van der Waals surface area contributed by atoms with Crippen molar-refractivity contribution in [3.05, 3.63) is 78.9 Å². The van der Waals surface area contributed by atoms with Gasteiger partial charge in [0.2, 0.25) is 0 Å². The third-order valence-corrected chi connectivity index (χ3v) is 4.95. The second-order valence-corrected chi connectivity index (χ2v) is 6.99. The van der Waals surface area contributed by atoms with Gasteiger partial charge in [-0.25, -0.2) is 15.0 Å². The number of methoxy groups -OCH3 is 1. The Morgan fingerprint density at radius 2 is 1.70 bits per heavy atom. The highest BCUT2D eigenvalue weighted by Crippen LogP contribution is 2.31. The molecule has 0 saturated heterocycles. The molecule has 146 valence electrons. The number of nitrogens with zero attached hydrogens (tertiary/aromatic N) is 4. The van der Waals surface area contributed by atoms with E-state index >= 15 is 0 Å². The number of nitrogens with one attached hydrogen (secondary N) is 1. The number of aryl methyl sites for hydroxylation is 1. The van der Waals surface area contributed by atoms with Gasteiger partial charge in [-0.05, 0) is 48.9 Å². The molecule has 6 heteroatoms. The molecule has 6 nitrogen and oxygen atoms in total. The first kappa shape index (κ1) is 18.0. The van der Waals surface area contributed by atoms with Gasteiger partial charge in [0.1, 0.15) is 17.1 Å². The van der Waals surface area contributed by atoms with Gasteiger partial charge < -0.3 is 9.72 Å². The first-order valence-electron chi connectivity index (χ1n) is 9.60. The highest BCUT2D eigenvalue weighted by atomic mass is 16.5. The zero-order valence-electron chi connectivity index (χ0n) is 16.6. The van der Waals surface area contributed by atoms with Crippen LogP contribution in [0, 0.1) is 6.92 Å². The number of pyridine rings is 2. The lowest BCUT2D eigenvalue weighted by atomic mass is 10.0. The van der Waals surface area contributed by atoms with Gasteiger partial charge in [-0.2, -0.15) is 0 Å². The highest BCUT2D eigenvalue weighted by molar-refractivity contribution is 5.92. The average molecular weight is 393 g/mol. The van der Waals surface area contributed by atoms with Crippen LogP contribution in [0.1, 0.15) is 5.69 Å². The van der Waals surface area contributed by atoms with E-state index < -0.39 is 0 Å². The van der Waals surface area contributed by atoms with Crippen molar-refractivity contribution < 1.29 is 4.74 Å². The van der Waals surface area contributed by atoms with Gasteiger partial charge >= 0.3 is 0 Å². The van der Waals surface area contributed by atoms with Crippen LogP contribution in [0.4, 0.5) is 0 Å². The van der Waals surface area contributed by atoms with Gasteiger partial charge in [-0.15, -0.1) is 0 Å². The number of H-pyrrole nitrogens is 1. The lowest BCUT2D eigenvalue weighted by Crippen LogP contribution is -1.97. The molecule has 0 atom stereocenters. The van der Waals surface area contributed by atoms with Crippen LogP contribution in [0.3, 0.4) is 0 Å². The second kappa shape index (κ2) is 7.40. The maximum absolute atomic E-state index is 5.36. The van der Waals surface area contributed by atoms with Crippen molar-refractivity contribution in [1.82, 2.24) is 24.9 Å². The summed E-state index contributed by atoms with van der Waals surface area (Å²) in [5, 5.41) is 0.941. The number of fused-ring (bicyclic) bond motifs is 1. The molecular formula is C24H19N5O. The Bertz CT molecular complexity index is 1360. The standard InChI is InChI=1S/C24H19N5O/c1-15-5-3-8-21(27-15)24-28-22(20-9-10-26-23(20)29-24)18-11-17(13-25-14-18)16-6-4-7-19(12-16)30-2/h3-14H,1-2H3,(H,26,28,29). The Hall–Kier alpha value is -4.06. The number of rotatable bonds is 4. The van der Waals surface area contributed by atoms with E-state index in [1.165, 1.54) is 0 Å². The molecule has 4 aromatic heterocycles. The zero-order valence-corrected chi connectivity index (χ0v) is 16.6. The van der Waals surface area contributed by atoms with Crippen molar-refractivity contribution >= 4 is 11.0 Å². The van der Waals surface area contributed by atoms with Crippen molar-refractivity contribution in [2.75, 3.05) is 7.11 Å². The van der Waals surface area contributed by atoms with Gasteiger partial charge in [0.25, 0.3) is 0 Å². The quantitative estimate of drug-likeness (QED) is 0.461. The molecule has 0 radical (unpaired) electrons. The molecule has 5 rings (SSSR count). The summed E-state index contributed by atoms with van der Waals surface area (Å²) in [6.07, 6.45) is 5.54. The summed E-state index contributed by atoms with van der Waals surface area (Å²) < 4.78 is 5.36. The molecule has 0 aliphatic carbocycles. The molecule has 0 amide bonds. The summed E-state index contributed by atoms with van der Waals surface area (Å²) in [4.78, 5) is 21.8. The van der Waals surface area contributed by atoms with Crippen LogP contribution in [-0.4, -0.2) is 32.0 Å². The minimum Gasteiger partial charge on any atom is -0.497 e. The van der Waals surface area contributed by atoms with E-state index in [0.29, 0.717) is 5.82 Å². The Balaban J connectivity index is 1.67. The second-order valence-electron chi connectivity index (χ2n) is 6.99. The van der Waals surface area contributed by atoms with Crippen LogP contribution in [0.5, 0.6) is 5.75 Å². The van der Waals surface area contributed by atoms with E-state index in [1.54, 1.807) is 7.11 Å². The van der Waals surface area contributed by atoms with Crippen molar-refractivity contribution in [3.8, 4) is 39.7 Å². The topological polar surface area (TPSA) is 76.6 Å². The molecule has 0 unspecified atom stereocenters. The Labute approximate surface area is 173 Å². The van der Waals surface area contributed by atoms with E-state index in [0.717, 1.165) is 50.6 Å². The van der Waals surface area contributed by atoms with Crippen LogP contribution in [0.15, 0.2) is 73.2 Å². The molecular weight excluding hydrogens is 374 g/mol. The number of hydrogen-bond donors (Lipinski definition) is 1. The molecule has 0 spiro atoms. The van der Waals surface area contributed by atoms with Crippen LogP contribution in [-0.2, 0) is 0 Å². The van der Waals surface area contributed by atoms with Crippen molar-refractivity contribution in [3.63, 3.8) is 0 Å². The predicted molar refractivity (Wildman–Crippen MR) is 117 cm³/mol. The van der Waals surface area contributed by atoms with E-state index in [4.69, 9.17) is 9.72 Å². The average Bonchev–Trinajstić information content (AvgIpc) is 3.27. The Morgan fingerprint density at radius 3 is 2.57 bits per heavy atom. The molecule has 5 aromatic rings. The van der Waals surface area contributed by atoms with E-state index in [2.05, 4.69) is 26.0 Å². The zero-order chi connectivity index (χ0) is 20.5. The van der Waals surface area contributed by atoms with Crippen LogP contribution in [0.2, 0.25) is 0 Å². The summed E-state index contributed by atoms with van der Waals surface area (Å²) in [7, 11) is 1.66. The van der Waals surface area contributed by atoms with E-state index in [1.807, 2.05) is 74.0 Å². The normalized spacial score (nSPS) is 11.0. The first-order chi connectivity index (χ1) is 14.7. The van der Waals surface area contributed by atoms with Crippen LogP contribution >= 0.6 is 0 Å². The molecule has 1 N–H and O–H groups in total. The summed E-state index contributed by atoms with van der Waals surface area (Å²) in [5.41, 5.74) is 6.18. The molecule has 0 fully saturated rings. The van der Waals surface area contributed by atoms with Gasteiger partial charge in [0, 0.05) is 40.8 Å². The fourth-order valence-corrected chi connectivity index (χ4v) is 3.47. The van der Waals surface area contributed by atoms with Crippen LogP contribution in [0.25, 0.3) is 44.9 Å². The molecule has 0 saturated carbocycles. The fraction of sp³-hybridized carbons (Fsp3) is 0.0833. The van der Waals surface area contributed by atoms with E-state index in [-0.39, 0.29) is 0 Å². The number of hydrogen-bond acceptors (Lipinski definition) is 5. The maximum Gasteiger partial charge on any atom is 0.180 e. The Kier molecular flexibility index (Phi) is 4.44. The van der Waals surface area contributed by atoms with Crippen LogP contribution < -0.4 is 4.74 Å². The largest absolute Gasteiger partial charge is 0.497 e. The van der Waals surface area contributed by atoms with Gasteiger partial charge in [-0.1, -0.05) is 18.2 Å². The third kappa shape index (κ3) is 3.28. The fourth-order valence-electron chi connectivity index (χ4n) is 3.47. The summed E-state index contributed by atoms with van der Waals surface area (Å²) in [6.45, 7) is 1.96. The van der Waals surface area contributed by atoms with Crippen molar-refractivity contribution in [2.24, 2.45) is 0 Å². The summed E-state index contributed by atoms with van der Waals surface area (Å²) in [5.74, 6) is 1.39. The smallest absolute Gasteiger partial charge is 0.180 e. The van der Waals surface area contributed by atoms with E-state index in [9.17, 15) is 0 Å². The monoisotopic (exact) mass is 393 g/mol. The molecule has 0 bridgehead atoms. The van der Waals surface area contributed by atoms with Gasteiger partial charge in [0.05, 0.1) is 12.8 Å². The van der Waals surface area contributed by atoms with Gasteiger partial charge in [0.15, 0.2) is 5.82 Å². The van der Waals surface area contributed by atoms with Crippen molar-refractivity contribution in [2.45, 2.75) is 6.92 Å². The molecule has 0 aliphatic heterocycles. The maximum atomic E-state index is 5.36. The molecule has 4 heterocycles. The lowest BCUT2D eigenvalue weighted by Gasteiger charge is -2.09. The summed E-state index contributed by atoms with van der Waals surface area (Å²) in [6, 6.07) is 17.8. The number of aromatic amines is 1. The minimum atomic E-state index is 0.579. The first-order valence-corrected chi connectivity index (χ1v) is 9.60. The van der Waals surface area contributed by atoms with Crippen molar-refractivity contribution in [1.29, 1.82) is 0 Å². The Morgan fingerprint density at radius 1 is 0.833 bits per heavy atom. The molecule has 1 aromatic carbocycles.